The van der Waals surface area contributed by atoms with Gasteiger partial charge in [0.05, 0.1) is 21.9 Å². The van der Waals surface area contributed by atoms with Gasteiger partial charge in [0.15, 0.2) is 15.6 Å². The van der Waals surface area contributed by atoms with Crippen molar-refractivity contribution < 1.29 is 22.7 Å². The van der Waals surface area contributed by atoms with Gasteiger partial charge in [-0.3, -0.25) is 4.79 Å². The molecule has 0 aromatic heterocycles. The SMILES string of the molecule is CCOC(=O)c1ccc(C(=O)C(Br)Cc2ccc(S(C)(=O)=O)cc2)cc1. The van der Waals surface area contributed by atoms with Gasteiger partial charge < -0.3 is 4.74 Å². The van der Waals surface area contributed by atoms with Crippen molar-refractivity contribution >= 4 is 37.5 Å². The van der Waals surface area contributed by atoms with E-state index in [2.05, 4.69) is 15.9 Å². The van der Waals surface area contributed by atoms with E-state index in [1.165, 1.54) is 12.1 Å². The Morgan fingerprint density at radius 3 is 2.04 bits per heavy atom. The molecule has 26 heavy (non-hydrogen) atoms. The van der Waals surface area contributed by atoms with E-state index in [1.807, 2.05) is 0 Å². The Morgan fingerprint density at radius 1 is 1.00 bits per heavy atom. The molecule has 0 N–H and O–H groups in total. The van der Waals surface area contributed by atoms with E-state index in [1.54, 1.807) is 43.3 Å². The van der Waals surface area contributed by atoms with Crippen LogP contribution in [0.25, 0.3) is 0 Å². The molecule has 0 bridgehead atoms. The first kappa shape index (κ1) is 20.3. The topological polar surface area (TPSA) is 77.5 Å². The maximum absolute atomic E-state index is 12.5. The number of ketones is 1. The largest absolute Gasteiger partial charge is 0.462 e. The molecule has 2 aromatic carbocycles. The van der Waals surface area contributed by atoms with E-state index in [4.69, 9.17) is 4.74 Å². The smallest absolute Gasteiger partial charge is 0.338 e. The molecule has 0 radical (unpaired) electrons. The molecule has 2 aromatic rings. The van der Waals surface area contributed by atoms with Crippen molar-refractivity contribution in [3.05, 3.63) is 65.2 Å². The Hall–Kier alpha value is -1.99. The number of sulfone groups is 1. The van der Waals surface area contributed by atoms with Crippen LogP contribution in [0.1, 0.15) is 33.2 Å². The van der Waals surface area contributed by atoms with Crippen LogP contribution in [-0.4, -0.2) is 37.9 Å². The van der Waals surface area contributed by atoms with Crippen LogP contribution in [0.2, 0.25) is 0 Å². The first-order valence-corrected chi connectivity index (χ1v) is 10.8. The van der Waals surface area contributed by atoms with Crippen LogP contribution in [-0.2, 0) is 21.0 Å². The maximum atomic E-state index is 12.5. The van der Waals surface area contributed by atoms with Crippen molar-refractivity contribution in [1.82, 2.24) is 0 Å². The molecule has 1 unspecified atom stereocenters. The summed E-state index contributed by atoms with van der Waals surface area (Å²) in [7, 11) is -3.24. The summed E-state index contributed by atoms with van der Waals surface area (Å²) in [5.74, 6) is -0.541. The number of benzene rings is 2. The number of hydrogen-bond donors (Lipinski definition) is 0. The average molecular weight is 439 g/mol. The van der Waals surface area contributed by atoms with Crippen LogP contribution in [0.3, 0.4) is 0 Å². The zero-order valence-electron chi connectivity index (χ0n) is 14.4. The van der Waals surface area contributed by atoms with Gasteiger partial charge in [-0.05, 0) is 43.2 Å². The lowest BCUT2D eigenvalue weighted by Gasteiger charge is -2.10. The summed E-state index contributed by atoms with van der Waals surface area (Å²) in [5.41, 5.74) is 1.72. The van der Waals surface area contributed by atoms with Gasteiger partial charge in [0.25, 0.3) is 0 Å². The summed E-state index contributed by atoms with van der Waals surface area (Å²) >= 11 is 3.39. The van der Waals surface area contributed by atoms with E-state index in [0.29, 0.717) is 24.2 Å². The fourth-order valence-corrected chi connectivity index (χ4v) is 3.61. The molecule has 0 saturated heterocycles. The zero-order chi connectivity index (χ0) is 19.3. The summed E-state index contributed by atoms with van der Waals surface area (Å²) in [4.78, 5) is 23.9. The summed E-state index contributed by atoms with van der Waals surface area (Å²) < 4.78 is 27.9. The number of hydrogen-bond acceptors (Lipinski definition) is 5. The second-order valence-electron chi connectivity index (χ2n) is 5.75. The molecular weight excluding hydrogens is 420 g/mol. The number of carbonyl (C=O) groups is 2. The number of ether oxygens (including phenoxy) is 1. The lowest BCUT2D eigenvalue weighted by molar-refractivity contribution is 0.0526. The highest BCUT2D eigenvalue weighted by molar-refractivity contribution is 9.10. The van der Waals surface area contributed by atoms with Crippen molar-refractivity contribution in [3.63, 3.8) is 0 Å². The van der Waals surface area contributed by atoms with Crippen molar-refractivity contribution in [2.45, 2.75) is 23.1 Å². The van der Waals surface area contributed by atoms with E-state index in [-0.39, 0.29) is 10.7 Å². The molecule has 0 saturated carbocycles. The molecule has 1 atom stereocenters. The van der Waals surface area contributed by atoms with Crippen LogP contribution in [0.4, 0.5) is 0 Å². The predicted molar refractivity (Wildman–Crippen MR) is 103 cm³/mol. The van der Waals surface area contributed by atoms with Crippen LogP contribution >= 0.6 is 15.9 Å². The first-order chi connectivity index (χ1) is 12.2. The molecule has 7 heteroatoms. The Morgan fingerprint density at radius 2 is 1.54 bits per heavy atom. The zero-order valence-corrected chi connectivity index (χ0v) is 16.8. The highest BCUT2D eigenvalue weighted by Gasteiger charge is 2.18. The summed E-state index contributed by atoms with van der Waals surface area (Å²) in [5, 5.41) is 0. The van der Waals surface area contributed by atoms with Gasteiger partial charge in [-0.2, -0.15) is 0 Å². The van der Waals surface area contributed by atoms with Crippen molar-refractivity contribution in [2.24, 2.45) is 0 Å². The highest BCUT2D eigenvalue weighted by atomic mass is 79.9. The molecule has 0 aliphatic heterocycles. The Bertz CT molecular complexity index is 887. The van der Waals surface area contributed by atoms with Crippen molar-refractivity contribution in [3.8, 4) is 0 Å². The molecule has 5 nitrogen and oxygen atoms in total. The molecule has 0 amide bonds. The molecule has 0 heterocycles. The molecule has 0 aliphatic rings. The summed E-state index contributed by atoms with van der Waals surface area (Å²) in [6.07, 6.45) is 1.57. The predicted octanol–water partition coefficient (Wildman–Crippen LogP) is 3.46. The minimum atomic E-state index is -3.24. The summed E-state index contributed by atoms with van der Waals surface area (Å²) in [6, 6.07) is 12.8. The van der Waals surface area contributed by atoms with Crippen LogP contribution in [0.15, 0.2) is 53.4 Å². The van der Waals surface area contributed by atoms with Crippen molar-refractivity contribution in [1.29, 1.82) is 0 Å². The van der Waals surface area contributed by atoms with Crippen LogP contribution in [0.5, 0.6) is 0 Å². The van der Waals surface area contributed by atoms with E-state index < -0.39 is 20.6 Å². The normalized spacial score (nSPS) is 12.4. The highest BCUT2D eigenvalue weighted by Crippen LogP contribution is 2.18. The van der Waals surface area contributed by atoms with Gasteiger partial charge in [0, 0.05) is 11.8 Å². The Labute approximate surface area is 161 Å². The van der Waals surface area contributed by atoms with Crippen molar-refractivity contribution in [2.75, 3.05) is 12.9 Å². The number of carbonyl (C=O) groups excluding carboxylic acids is 2. The fourth-order valence-electron chi connectivity index (χ4n) is 2.34. The standard InChI is InChI=1S/C19H19BrO5S/c1-3-25-19(22)15-8-6-14(7-9-15)18(21)17(20)12-13-4-10-16(11-5-13)26(2,23)24/h4-11,17H,3,12H2,1-2H3. The number of esters is 1. The maximum Gasteiger partial charge on any atom is 0.338 e. The fraction of sp³-hybridized carbons (Fsp3) is 0.263. The molecule has 0 spiro atoms. The van der Waals surface area contributed by atoms with E-state index in [0.717, 1.165) is 11.8 Å². The van der Waals surface area contributed by atoms with Gasteiger partial charge in [-0.25, -0.2) is 13.2 Å². The third-order valence-corrected chi connectivity index (χ3v) is 5.60. The molecular formula is C19H19BrO5S. The number of Topliss-reactive ketones (excluding diaryl/α,β-unsaturated/α-hetero) is 1. The first-order valence-electron chi connectivity index (χ1n) is 7.97. The Balaban J connectivity index is 2.06. The summed E-state index contributed by atoms with van der Waals surface area (Å²) in [6.45, 7) is 2.02. The number of alkyl halides is 1. The van der Waals surface area contributed by atoms with Gasteiger partial charge in [0.2, 0.25) is 0 Å². The van der Waals surface area contributed by atoms with Crippen LogP contribution < -0.4 is 0 Å². The molecule has 138 valence electrons. The minimum Gasteiger partial charge on any atom is -0.462 e. The quantitative estimate of drug-likeness (QED) is 0.375. The third-order valence-electron chi connectivity index (χ3n) is 3.73. The van der Waals surface area contributed by atoms with E-state index in [9.17, 15) is 18.0 Å². The van der Waals surface area contributed by atoms with Gasteiger partial charge in [-0.1, -0.05) is 40.2 Å². The second-order valence-corrected chi connectivity index (χ2v) is 8.87. The van der Waals surface area contributed by atoms with Gasteiger partial charge >= 0.3 is 5.97 Å². The second kappa shape index (κ2) is 8.60. The molecule has 2 rings (SSSR count). The minimum absolute atomic E-state index is 0.118. The van der Waals surface area contributed by atoms with Crippen LogP contribution in [0, 0.1) is 0 Å². The lowest BCUT2D eigenvalue weighted by atomic mass is 10.0. The van der Waals surface area contributed by atoms with Gasteiger partial charge in [-0.15, -0.1) is 0 Å². The molecule has 0 fully saturated rings. The molecule has 0 aliphatic carbocycles. The van der Waals surface area contributed by atoms with E-state index >= 15 is 0 Å². The Kier molecular flexibility index (Phi) is 6.72. The monoisotopic (exact) mass is 438 g/mol. The average Bonchev–Trinajstić information content (AvgIpc) is 2.61. The third kappa shape index (κ3) is 5.25. The lowest BCUT2D eigenvalue weighted by Crippen LogP contribution is -2.17. The van der Waals surface area contributed by atoms with Gasteiger partial charge in [0.1, 0.15) is 0 Å². The number of halogens is 1. The number of rotatable bonds is 7.